The third-order valence-electron chi connectivity index (χ3n) is 2.94. The number of rotatable bonds is 4. The Morgan fingerprint density at radius 2 is 2.06 bits per heavy atom. The highest BCUT2D eigenvalue weighted by Gasteiger charge is 2.22. The number of nitrogens with zero attached hydrogens (tertiary/aromatic N) is 4. The molecule has 0 atom stereocenters. The Balaban J connectivity index is 2.00. The Kier molecular flexibility index (Phi) is 4.04. The molecule has 0 amide bonds. The molecule has 0 saturated heterocycles. The van der Waals surface area contributed by atoms with Crippen LogP contribution >= 0.6 is 11.8 Å². The number of hydrogen-bond acceptors (Lipinski definition) is 5. The summed E-state index contributed by atoms with van der Waals surface area (Å²) in [4.78, 5) is 0. The summed E-state index contributed by atoms with van der Waals surface area (Å²) in [6.07, 6.45) is 6.19. The average Bonchev–Trinajstić information content (AvgIpc) is 2.75. The predicted molar refractivity (Wildman–Crippen MR) is 67.0 cm³/mol. The molecule has 5 nitrogen and oxygen atoms in total. The number of aliphatic hydroxyl groups is 1. The highest BCUT2D eigenvalue weighted by molar-refractivity contribution is 7.99. The van der Waals surface area contributed by atoms with Crippen molar-refractivity contribution < 1.29 is 5.11 Å². The maximum Gasteiger partial charge on any atom is 0.209 e. The van der Waals surface area contributed by atoms with Crippen molar-refractivity contribution in [2.24, 2.45) is 0 Å². The molecule has 0 aromatic carbocycles. The van der Waals surface area contributed by atoms with Gasteiger partial charge < -0.3 is 5.11 Å². The third-order valence-corrected chi connectivity index (χ3v) is 4.32. The van der Waals surface area contributed by atoms with Crippen LogP contribution in [0.1, 0.15) is 52.0 Å². The van der Waals surface area contributed by atoms with Crippen molar-refractivity contribution in [2.45, 2.75) is 62.8 Å². The van der Waals surface area contributed by atoms with Gasteiger partial charge in [0.2, 0.25) is 5.16 Å². The van der Waals surface area contributed by atoms with Gasteiger partial charge in [0.05, 0.1) is 11.6 Å². The summed E-state index contributed by atoms with van der Waals surface area (Å²) < 4.78 is 1.94. The van der Waals surface area contributed by atoms with E-state index in [1.165, 1.54) is 43.9 Å². The molecular weight excluding hydrogens is 236 g/mol. The molecule has 0 spiro atoms. The zero-order valence-electron chi connectivity index (χ0n) is 10.5. The van der Waals surface area contributed by atoms with Crippen LogP contribution in [0.3, 0.4) is 0 Å². The van der Waals surface area contributed by atoms with Gasteiger partial charge in [-0.3, -0.25) is 0 Å². The van der Waals surface area contributed by atoms with Crippen molar-refractivity contribution in [1.82, 2.24) is 20.2 Å². The highest BCUT2D eigenvalue weighted by atomic mass is 32.2. The Bertz CT molecular complexity index is 355. The summed E-state index contributed by atoms with van der Waals surface area (Å²) >= 11 is 1.53. The number of thioether (sulfide) groups is 1. The summed E-state index contributed by atoms with van der Waals surface area (Å²) in [7, 11) is 0. The van der Waals surface area contributed by atoms with Crippen molar-refractivity contribution in [3.63, 3.8) is 0 Å². The normalized spacial score (nSPS) is 18.5. The van der Waals surface area contributed by atoms with Crippen molar-refractivity contribution in [3.05, 3.63) is 0 Å². The van der Waals surface area contributed by atoms with E-state index in [-0.39, 0.29) is 0 Å². The lowest BCUT2D eigenvalue weighted by Crippen LogP contribution is -2.22. The third kappa shape index (κ3) is 3.67. The van der Waals surface area contributed by atoms with Crippen LogP contribution in [0.15, 0.2) is 5.16 Å². The maximum absolute atomic E-state index is 9.72. The van der Waals surface area contributed by atoms with Gasteiger partial charge >= 0.3 is 0 Å². The second kappa shape index (κ2) is 5.35. The van der Waals surface area contributed by atoms with Crippen LogP contribution in [-0.4, -0.2) is 36.7 Å². The molecule has 6 heteroatoms. The molecule has 1 aromatic heterocycles. The van der Waals surface area contributed by atoms with Gasteiger partial charge in [0.1, 0.15) is 0 Å². The van der Waals surface area contributed by atoms with E-state index in [1.807, 2.05) is 4.68 Å². The average molecular weight is 256 g/mol. The van der Waals surface area contributed by atoms with Crippen LogP contribution in [0.4, 0.5) is 0 Å². The van der Waals surface area contributed by atoms with E-state index in [0.717, 1.165) is 5.16 Å². The second-order valence-corrected chi connectivity index (χ2v) is 6.24. The molecule has 1 aromatic rings. The van der Waals surface area contributed by atoms with E-state index in [9.17, 15) is 5.11 Å². The van der Waals surface area contributed by atoms with Crippen LogP contribution < -0.4 is 0 Å². The minimum atomic E-state index is -0.686. The summed E-state index contributed by atoms with van der Waals surface area (Å²) in [5.74, 6) is 0.611. The SMILES string of the molecule is CC(C)(O)CSc1nnnn1C1CCCCC1. The Morgan fingerprint density at radius 1 is 1.35 bits per heavy atom. The molecular formula is C11H20N4OS. The summed E-state index contributed by atoms with van der Waals surface area (Å²) in [5, 5.41) is 22.5. The maximum atomic E-state index is 9.72. The first-order valence-corrected chi connectivity index (χ1v) is 7.18. The largest absolute Gasteiger partial charge is 0.390 e. The first kappa shape index (κ1) is 12.8. The van der Waals surface area contributed by atoms with Gasteiger partial charge in [-0.1, -0.05) is 31.0 Å². The van der Waals surface area contributed by atoms with E-state index in [0.29, 0.717) is 11.8 Å². The van der Waals surface area contributed by atoms with Crippen LogP contribution in [0, 0.1) is 0 Å². The Labute approximate surface area is 106 Å². The number of hydrogen-bond donors (Lipinski definition) is 1. The van der Waals surface area contributed by atoms with Crippen LogP contribution in [0.5, 0.6) is 0 Å². The standard InChI is InChI=1S/C11H20N4OS/c1-11(2,16)8-17-10-12-13-14-15(10)9-6-4-3-5-7-9/h9,16H,3-8H2,1-2H3. The summed E-state index contributed by atoms with van der Waals surface area (Å²) in [6, 6.07) is 0.447. The molecule has 1 aliphatic rings. The molecule has 1 heterocycles. The number of aromatic nitrogens is 4. The topological polar surface area (TPSA) is 63.8 Å². The first-order chi connectivity index (χ1) is 8.06. The number of tetrazole rings is 1. The fourth-order valence-electron chi connectivity index (χ4n) is 2.08. The van der Waals surface area contributed by atoms with Gasteiger partial charge in [-0.25, -0.2) is 4.68 Å². The van der Waals surface area contributed by atoms with E-state index >= 15 is 0 Å². The van der Waals surface area contributed by atoms with Crippen LogP contribution in [0.2, 0.25) is 0 Å². The van der Waals surface area contributed by atoms with E-state index in [1.54, 1.807) is 13.8 Å². The second-order valence-electron chi connectivity index (χ2n) is 5.30. The van der Waals surface area contributed by atoms with Crippen molar-refractivity contribution >= 4 is 11.8 Å². The van der Waals surface area contributed by atoms with E-state index < -0.39 is 5.60 Å². The monoisotopic (exact) mass is 256 g/mol. The molecule has 0 unspecified atom stereocenters. The van der Waals surface area contributed by atoms with Gasteiger partial charge in [0, 0.05) is 5.75 Å². The van der Waals surface area contributed by atoms with Crippen molar-refractivity contribution in [2.75, 3.05) is 5.75 Å². The highest BCUT2D eigenvalue weighted by Crippen LogP contribution is 2.30. The molecule has 1 N–H and O–H groups in total. The van der Waals surface area contributed by atoms with Gasteiger partial charge in [0.25, 0.3) is 0 Å². The van der Waals surface area contributed by atoms with Crippen molar-refractivity contribution in [1.29, 1.82) is 0 Å². The fourth-order valence-corrected chi connectivity index (χ4v) is 2.97. The summed E-state index contributed by atoms with van der Waals surface area (Å²) in [5.41, 5.74) is -0.686. The van der Waals surface area contributed by atoms with E-state index in [4.69, 9.17) is 0 Å². The van der Waals surface area contributed by atoms with Crippen molar-refractivity contribution in [3.8, 4) is 0 Å². The minimum Gasteiger partial charge on any atom is -0.390 e. The Hall–Kier alpha value is -0.620. The lowest BCUT2D eigenvalue weighted by atomic mass is 9.96. The lowest BCUT2D eigenvalue weighted by molar-refractivity contribution is 0.107. The van der Waals surface area contributed by atoms with Gasteiger partial charge in [0.15, 0.2) is 0 Å². The Morgan fingerprint density at radius 3 is 2.71 bits per heavy atom. The van der Waals surface area contributed by atoms with Gasteiger partial charge in [-0.2, -0.15) is 0 Å². The van der Waals surface area contributed by atoms with Gasteiger partial charge in [-0.15, -0.1) is 5.10 Å². The van der Waals surface area contributed by atoms with Crippen LogP contribution in [-0.2, 0) is 0 Å². The quantitative estimate of drug-likeness (QED) is 0.835. The summed E-state index contributed by atoms with van der Waals surface area (Å²) in [6.45, 7) is 3.60. The molecule has 96 valence electrons. The molecule has 1 fully saturated rings. The zero-order valence-corrected chi connectivity index (χ0v) is 11.3. The van der Waals surface area contributed by atoms with Gasteiger partial charge in [-0.05, 0) is 37.1 Å². The lowest BCUT2D eigenvalue weighted by Gasteiger charge is -2.22. The van der Waals surface area contributed by atoms with Crippen LogP contribution in [0.25, 0.3) is 0 Å². The predicted octanol–water partition coefficient (Wildman–Crippen LogP) is 2.04. The minimum absolute atomic E-state index is 0.447. The molecule has 1 aliphatic carbocycles. The molecule has 2 rings (SSSR count). The molecule has 17 heavy (non-hydrogen) atoms. The zero-order chi connectivity index (χ0) is 12.3. The molecule has 1 saturated carbocycles. The molecule has 0 aliphatic heterocycles. The molecule has 0 bridgehead atoms. The van der Waals surface area contributed by atoms with E-state index in [2.05, 4.69) is 15.5 Å². The molecule has 0 radical (unpaired) electrons. The smallest absolute Gasteiger partial charge is 0.209 e. The fraction of sp³-hybridized carbons (Fsp3) is 0.909. The first-order valence-electron chi connectivity index (χ1n) is 6.19.